The minimum atomic E-state index is -0.688. The van der Waals surface area contributed by atoms with Crippen molar-refractivity contribution in [3.05, 3.63) is 47.5 Å². The van der Waals surface area contributed by atoms with Gasteiger partial charge in [0.25, 0.3) is 0 Å². The molecule has 1 atom stereocenters. The molecule has 1 aromatic heterocycles. The molecule has 0 aliphatic carbocycles. The molecule has 2 N–H and O–H groups in total. The van der Waals surface area contributed by atoms with Gasteiger partial charge in [0.15, 0.2) is 0 Å². The highest BCUT2D eigenvalue weighted by molar-refractivity contribution is 5.94. The van der Waals surface area contributed by atoms with Crippen LogP contribution in [0.25, 0.3) is 0 Å². The van der Waals surface area contributed by atoms with Crippen molar-refractivity contribution < 1.29 is 14.4 Å². The van der Waals surface area contributed by atoms with Crippen molar-refractivity contribution in [3.63, 3.8) is 0 Å². The second-order valence-corrected chi connectivity index (χ2v) is 10.0. The van der Waals surface area contributed by atoms with E-state index >= 15 is 0 Å². The first-order valence-corrected chi connectivity index (χ1v) is 11.6. The van der Waals surface area contributed by atoms with E-state index in [9.17, 15) is 14.4 Å². The monoisotopic (exact) mass is 467 g/mol. The molecule has 0 bridgehead atoms. The minimum absolute atomic E-state index is 0.105. The van der Waals surface area contributed by atoms with Crippen LogP contribution in [0.4, 0.5) is 15.3 Å². The molecule has 1 saturated heterocycles. The first kappa shape index (κ1) is 23.7. The summed E-state index contributed by atoms with van der Waals surface area (Å²) in [7, 11) is 0. The molecule has 0 saturated carbocycles. The van der Waals surface area contributed by atoms with Gasteiger partial charge < -0.3 is 15.5 Å². The molecule has 2 aromatic rings. The van der Waals surface area contributed by atoms with Crippen molar-refractivity contribution in [2.75, 3.05) is 31.5 Å². The van der Waals surface area contributed by atoms with E-state index in [1.807, 2.05) is 63.9 Å². The van der Waals surface area contributed by atoms with Crippen LogP contribution in [-0.4, -0.2) is 74.7 Å². The first-order valence-electron chi connectivity index (χ1n) is 11.6. The standard InChI is InChI=1S/C24H33N7O3/c1-16-6-8-18(9-7-16)26-22(33)27-20(24(3,4)5)21(32)28-10-12-29(13-11-28)30-15-19-14-25-17(2)31(19)23(30)34/h6-9,14,20H,10-13,15H2,1-5H3,(H2,26,27,33)/t20-/m0/s1. The van der Waals surface area contributed by atoms with Gasteiger partial charge in [-0.3, -0.25) is 9.80 Å². The molecular formula is C24H33N7O3. The molecule has 34 heavy (non-hydrogen) atoms. The number of aromatic nitrogens is 2. The van der Waals surface area contributed by atoms with Gasteiger partial charge in [-0.15, -0.1) is 0 Å². The highest BCUT2D eigenvalue weighted by Crippen LogP contribution is 2.24. The zero-order valence-electron chi connectivity index (χ0n) is 20.5. The molecule has 0 unspecified atom stereocenters. The van der Waals surface area contributed by atoms with E-state index in [2.05, 4.69) is 15.6 Å². The van der Waals surface area contributed by atoms with Crippen LogP contribution in [0.3, 0.4) is 0 Å². The van der Waals surface area contributed by atoms with E-state index in [4.69, 9.17) is 0 Å². The van der Waals surface area contributed by atoms with E-state index in [-0.39, 0.29) is 11.9 Å². The average Bonchev–Trinajstić information content (AvgIpc) is 3.32. The maximum absolute atomic E-state index is 13.4. The van der Waals surface area contributed by atoms with Crippen LogP contribution in [0.2, 0.25) is 0 Å². The summed E-state index contributed by atoms with van der Waals surface area (Å²) in [5, 5.41) is 9.39. The number of imidazole rings is 1. The van der Waals surface area contributed by atoms with E-state index < -0.39 is 17.5 Å². The number of nitrogens with one attached hydrogen (secondary N) is 2. The molecule has 1 fully saturated rings. The predicted octanol–water partition coefficient (Wildman–Crippen LogP) is 2.58. The summed E-state index contributed by atoms with van der Waals surface area (Å²) in [6, 6.07) is 6.29. The van der Waals surface area contributed by atoms with Gasteiger partial charge >= 0.3 is 12.1 Å². The zero-order chi connectivity index (χ0) is 24.6. The van der Waals surface area contributed by atoms with Crippen LogP contribution in [0.1, 0.15) is 37.9 Å². The molecule has 1 aromatic carbocycles. The lowest BCUT2D eigenvalue weighted by Gasteiger charge is -2.41. The predicted molar refractivity (Wildman–Crippen MR) is 128 cm³/mol. The number of benzene rings is 1. The first-order chi connectivity index (χ1) is 16.0. The van der Waals surface area contributed by atoms with Crippen molar-refractivity contribution in [2.45, 2.75) is 47.2 Å². The van der Waals surface area contributed by atoms with Crippen molar-refractivity contribution in [3.8, 4) is 0 Å². The second-order valence-electron chi connectivity index (χ2n) is 10.0. The smallest absolute Gasteiger partial charge is 0.338 e. The fourth-order valence-corrected chi connectivity index (χ4v) is 4.35. The van der Waals surface area contributed by atoms with Gasteiger partial charge in [0.05, 0.1) is 18.4 Å². The van der Waals surface area contributed by atoms with Crippen LogP contribution in [-0.2, 0) is 11.3 Å². The number of rotatable bonds is 4. The molecule has 4 rings (SSSR count). The van der Waals surface area contributed by atoms with Crippen molar-refractivity contribution in [1.82, 2.24) is 29.8 Å². The molecule has 2 aliphatic rings. The third kappa shape index (κ3) is 4.77. The molecule has 0 spiro atoms. The van der Waals surface area contributed by atoms with Crippen LogP contribution in [0.5, 0.6) is 0 Å². The number of hydrogen-bond acceptors (Lipinski definition) is 5. The molecule has 4 amide bonds. The Bertz CT molecular complexity index is 1080. The summed E-state index contributed by atoms with van der Waals surface area (Å²) in [5.74, 6) is 0.560. The number of anilines is 1. The summed E-state index contributed by atoms with van der Waals surface area (Å²) >= 11 is 0. The summed E-state index contributed by atoms with van der Waals surface area (Å²) in [4.78, 5) is 44.9. The van der Waals surface area contributed by atoms with Gasteiger partial charge in [0, 0.05) is 31.9 Å². The third-order valence-corrected chi connectivity index (χ3v) is 6.34. The van der Waals surface area contributed by atoms with E-state index in [0.717, 1.165) is 11.3 Å². The number of carbonyl (C=O) groups is 3. The normalized spacial score (nSPS) is 17.5. The Morgan fingerprint density at radius 1 is 1.03 bits per heavy atom. The largest absolute Gasteiger partial charge is 0.344 e. The highest BCUT2D eigenvalue weighted by atomic mass is 16.2. The number of hydrogen-bond donors (Lipinski definition) is 2. The number of aryl methyl sites for hydroxylation is 2. The van der Waals surface area contributed by atoms with Crippen molar-refractivity contribution in [2.24, 2.45) is 5.41 Å². The number of urea groups is 1. The van der Waals surface area contributed by atoms with Crippen LogP contribution < -0.4 is 10.6 Å². The lowest BCUT2D eigenvalue weighted by atomic mass is 9.85. The molecule has 10 heteroatoms. The van der Waals surface area contributed by atoms with Crippen molar-refractivity contribution in [1.29, 1.82) is 0 Å². The summed E-state index contributed by atoms with van der Waals surface area (Å²) in [6.45, 7) is 12.1. The summed E-state index contributed by atoms with van der Waals surface area (Å²) in [5.41, 5.74) is 2.17. The average molecular weight is 468 g/mol. The molecule has 0 radical (unpaired) electrons. The van der Waals surface area contributed by atoms with Crippen LogP contribution >= 0.6 is 0 Å². The lowest BCUT2D eigenvalue weighted by Crippen LogP contribution is -2.61. The number of hydrazine groups is 1. The fourth-order valence-electron chi connectivity index (χ4n) is 4.35. The van der Waals surface area contributed by atoms with Crippen molar-refractivity contribution >= 4 is 23.7 Å². The highest BCUT2D eigenvalue weighted by Gasteiger charge is 2.39. The number of fused-ring (bicyclic) bond motifs is 1. The summed E-state index contributed by atoms with van der Waals surface area (Å²) in [6.07, 6.45) is 1.73. The number of piperazine rings is 1. The van der Waals surface area contributed by atoms with Gasteiger partial charge in [-0.2, -0.15) is 0 Å². The van der Waals surface area contributed by atoms with Gasteiger partial charge in [-0.25, -0.2) is 24.1 Å². The number of nitrogens with zero attached hydrogens (tertiary/aromatic N) is 5. The van der Waals surface area contributed by atoms with Gasteiger partial charge in [0.1, 0.15) is 11.9 Å². The minimum Gasteiger partial charge on any atom is -0.338 e. The lowest BCUT2D eigenvalue weighted by molar-refractivity contribution is -0.139. The quantitative estimate of drug-likeness (QED) is 0.720. The van der Waals surface area contributed by atoms with Gasteiger partial charge in [-0.05, 0) is 31.4 Å². The Morgan fingerprint density at radius 3 is 2.26 bits per heavy atom. The van der Waals surface area contributed by atoms with Gasteiger partial charge in [-0.1, -0.05) is 38.5 Å². The molecular weight excluding hydrogens is 434 g/mol. The summed E-state index contributed by atoms with van der Waals surface area (Å²) < 4.78 is 1.63. The second kappa shape index (κ2) is 9.09. The Hall–Kier alpha value is -3.40. The third-order valence-electron chi connectivity index (χ3n) is 6.34. The fraction of sp³-hybridized carbons (Fsp3) is 0.500. The Kier molecular flexibility index (Phi) is 6.35. The molecule has 10 nitrogen and oxygen atoms in total. The molecule has 3 heterocycles. The van der Waals surface area contributed by atoms with Gasteiger partial charge in [0.2, 0.25) is 5.91 Å². The number of carbonyl (C=O) groups excluding carboxylic acids is 3. The van der Waals surface area contributed by atoms with Crippen LogP contribution in [0.15, 0.2) is 30.5 Å². The SMILES string of the molecule is Cc1ccc(NC(=O)N[C@@H](C(=O)N2CCN(N3Cc4cnc(C)n4C3=O)CC2)C(C)(C)C)cc1. The zero-order valence-corrected chi connectivity index (χ0v) is 20.5. The van der Waals surface area contributed by atoms with E-state index in [1.54, 1.807) is 20.7 Å². The van der Waals surface area contributed by atoms with Crippen LogP contribution in [0, 0.1) is 19.3 Å². The Balaban J connectivity index is 1.36. The maximum atomic E-state index is 13.4. The molecule has 2 aliphatic heterocycles. The maximum Gasteiger partial charge on any atom is 0.344 e. The Morgan fingerprint density at radius 2 is 1.68 bits per heavy atom. The van der Waals surface area contributed by atoms with E-state index in [1.165, 1.54) is 0 Å². The topological polar surface area (TPSA) is 103 Å². The number of amides is 4. The Labute approximate surface area is 199 Å². The van der Waals surface area contributed by atoms with E-state index in [0.29, 0.717) is 44.2 Å². The molecule has 182 valence electrons.